The minimum absolute atomic E-state index is 0.00945. The first kappa shape index (κ1) is 16.1. The molecule has 118 valence electrons. The summed E-state index contributed by atoms with van der Waals surface area (Å²) in [4.78, 5) is 11.9. The maximum absolute atomic E-state index is 13.2. The van der Waals surface area contributed by atoms with Gasteiger partial charge in [0.15, 0.2) is 0 Å². The molecule has 0 saturated heterocycles. The van der Waals surface area contributed by atoms with E-state index in [9.17, 15) is 18.0 Å². The smallest absolute Gasteiger partial charge is 0.417 e. The van der Waals surface area contributed by atoms with E-state index in [2.05, 4.69) is 4.74 Å². The lowest BCUT2D eigenvalue weighted by Crippen LogP contribution is -2.08. The second-order valence-corrected chi connectivity index (χ2v) is 5.16. The van der Waals surface area contributed by atoms with Crippen LogP contribution in [0.25, 0.3) is 11.1 Å². The molecule has 0 radical (unpaired) electrons. The summed E-state index contributed by atoms with van der Waals surface area (Å²) in [6.07, 6.45) is -1.44. The van der Waals surface area contributed by atoms with Gasteiger partial charge in [-0.2, -0.15) is 13.2 Å². The maximum Gasteiger partial charge on any atom is 0.417 e. The van der Waals surface area contributed by atoms with Crippen LogP contribution in [0.1, 0.15) is 35.8 Å². The van der Waals surface area contributed by atoms with Crippen LogP contribution in [0.4, 0.5) is 13.2 Å². The van der Waals surface area contributed by atoms with Crippen molar-refractivity contribution in [2.24, 2.45) is 0 Å². The minimum Gasteiger partial charge on any atom is -0.465 e. The minimum atomic E-state index is -4.50. The van der Waals surface area contributed by atoms with Crippen LogP contribution < -0.4 is 0 Å². The number of nitrogens with zero attached hydrogens (tertiary/aromatic N) is 1. The highest BCUT2D eigenvalue weighted by atomic mass is 19.4. The molecule has 1 heterocycles. The Morgan fingerprint density at radius 1 is 1.14 bits per heavy atom. The zero-order valence-electron chi connectivity index (χ0n) is 12.4. The van der Waals surface area contributed by atoms with Crippen molar-refractivity contribution in [2.45, 2.75) is 26.1 Å². The Hall–Kier alpha value is -2.24. The van der Waals surface area contributed by atoms with Crippen molar-refractivity contribution in [2.75, 3.05) is 7.11 Å². The number of benzene rings is 1. The summed E-state index contributed by atoms with van der Waals surface area (Å²) in [5, 5.41) is 0. The molecule has 1 aromatic heterocycles. The number of ether oxygens (including phenoxy) is 1. The molecular weight excluding hydrogens is 295 g/mol. The van der Waals surface area contributed by atoms with Gasteiger partial charge in [0.05, 0.1) is 18.2 Å². The second-order valence-electron chi connectivity index (χ2n) is 5.16. The average Bonchev–Trinajstić information content (AvgIpc) is 2.90. The molecule has 0 bridgehead atoms. The highest BCUT2D eigenvalue weighted by Crippen LogP contribution is 2.38. The molecule has 0 atom stereocenters. The highest BCUT2D eigenvalue weighted by Gasteiger charge is 2.34. The molecule has 0 aliphatic rings. The number of rotatable bonds is 3. The summed E-state index contributed by atoms with van der Waals surface area (Å²) < 4.78 is 45.9. The van der Waals surface area contributed by atoms with Gasteiger partial charge in [0.1, 0.15) is 0 Å². The van der Waals surface area contributed by atoms with Gasteiger partial charge in [0.2, 0.25) is 0 Å². The largest absolute Gasteiger partial charge is 0.465 e. The number of hydrogen-bond donors (Lipinski definition) is 0. The number of esters is 1. The summed E-state index contributed by atoms with van der Waals surface area (Å²) in [5.74, 6) is -0.661. The fraction of sp³-hybridized carbons (Fsp3) is 0.312. The number of halogens is 3. The number of aromatic nitrogens is 1. The van der Waals surface area contributed by atoms with E-state index in [1.54, 1.807) is 10.8 Å². The van der Waals surface area contributed by atoms with Crippen LogP contribution in [0, 0.1) is 0 Å². The zero-order valence-corrected chi connectivity index (χ0v) is 12.4. The molecule has 6 heteroatoms. The first-order chi connectivity index (χ1) is 10.3. The normalized spacial score (nSPS) is 11.8. The SMILES string of the molecule is COC(=O)c1cn(C(C)C)cc1-c1ccccc1C(F)(F)F. The fourth-order valence-electron chi connectivity index (χ4n) is 2.23. The van der Waals surface area contributed by atoms with Gasteiger partial charge in [-0.15, -0.1) is 0 Å². The lowest BCUT2D eigenvalue weighted by atomic mass is 9.98. The van der Waals surface area contributed by atoms with Crippen molar-refractivity contribution >= 4 is 5.97 Å². The number of hydrogen-bond acceptors (Lipinski definition) is 2. The summed E-state index contributed by atoms with van der Waals surface area (Å²) in [6.45, 7) is 3.75. The predicted molar refractivity (Wildman–Crippen MR) is 76.6 cm³/mol. The highest BCUT2D eigenvalue weighted by molar-refractivity contribution is 5.97. The van der Waals surface area contributed by atoms with E-state index in [4.69, 9.17) is 0 Å². The van der Waals surface area contributed by atoms with Gasteiger partial charge in [-0.25, -0.2) is 4.79 Å². The molecule has 0 fully saturated rings. The van der Waals surface area contributed by atoms with Crippen molar-refractivity contribution in [3.63, 3.8) is 0 Å². The Bertz CT molecular complexity index is 687. The molecule has 0 spiro atoms. The Balaban J connectivity index is 2.70. The molecule has 0 aliphatic heterocycles. The molecule has 0 amide bonds. The molecule has 0 aliphatic carbocycles. The number of methoxy groups -OCH3 is 1. The summed E-state index contributed by atoms with van der Waals surface area (Å²) in [5.41, 5.74) is -0.474. The van der Waals surface area contributed by atoms with E-state index >= 15 is 0 Å². The first-order valence-corrected chi connectivity index (χ1v) is 6.72. The molecule has 3 nitrogen and oxygen atoms in total. The molecule has 2 aromatic rings. The van der Waals surface area contributed by atoms with E-state index in [0.717, 1.165) is 6.07 Å². The van der Waals surface area contributed by atoms with Gasteiger partial charge in [-0.1, -0.05) is 18.2 Å². The molecule has 0 unspecified atom stereocenters. The van der Waals surface area contributed by atoms with E-state index < -0.39 is 17.7 Å². The molecule has 0 N–H and O–H groups in total. The van der Waals surface area contributed by atoms with Crippen LogP contribution in [0.15, 0.2) is 36.7 Å². The fourth-order valence-corrected chi connectivity index (χ4v) is 2.23. The Labute approximate surface area is 126 Å². The quantitative estimate of drug-likeness (QED) is 0.779. The van der Waals surface area contributed by atoms with Crippen LogP contribution in [0.2, 0.25) is 0 Å². The Kier molecular flexibility index (Phi) is 4.30. The Morgan fingerprint density at radius 2 is 1.77 bits per heavy atom. The number of alkyl halides is 3. The van der Waals surface area contributed by atoms with Crippen LogP contribution in [-0.2, 0) is 10.9 Å². The van der Waals surface area contributed by atoms with Crippen LogP contribution in [-0.4, -0.2) is 17.6 Å². The molecule has 22 heavy (non-hydrogen) atoms. The third-order valence-corrected chi connectivity index (χ3v) is 3.37. The van der Waals surface area contributed by atoms with Gasteiger partial charge in [0.25, 0.3) is 0 Å². The number of carbonyl (C=O) groups excluding carboxylic acids is 1. The molecular formula is C16H16F3NO2. The number of carbonyl (C=O) groups is 1. The summed E-state index contributed by atoms with van der Waals surface area (Å²) in [7, 11) is 1.20. The average molecular weight is 311 g/mol. The van der Waals surface area contributed by atoms with Crippen LogP contribution in [0.5, 0.6) is 0 Å². The van der Waals surface area contributed by atoms with E-state index in [1.165, 1.54) is 31.5 Å². The van der Waals surface area contributed by atoms with E-state index in [-0.39, 0.29) is 22.7 Å². The predicted octanol–water partition coefficient (Wildman–Crippen LogP) is 4.54. The molecule has 0 saturated carbocycles. The first-order valence-electron chi connectivity index (χ1n) is 6.72. The van der Waals surface area contributed by atoms with Crippen LogP contribution >= 0.6 is 0 Å². The van der Waals surface area contributed by atoms with Gasteiger partial charge < -0.3 is 9.30 Å². The summed E-state index contributed by atoms with van der Waals surface area (Å²) >= 11 is 0. The third-order valence-electron chi connectivity index (χ3n) is 3.37. The van der Waals surface area contributed by atoms with Crippen molar-refractivity contribution in [1.82, 2.24) is 4.57 Å². The molecule has 2 rings (SSSR count). The Morgan fingerprint density at radius 3 is 2.32 bits per heavy atom. The molecule has 1 aromatic carbocycles. The third kappa shape index (κ3) is 3.00. The van der Waals surface area contributed by atoms with Crippen molar-refractivity contribution in [3.8, 4) is 11.1 Å². The zero-order chi connectivity index (χ0) is 16.5. The van der Waals surface area contributed by atoms with E-state index in [1.807, 2.05) is 13.8 Å². The van der Waals surface area contributed by atoms with Gasteiger partial charge in [-0.3, -0.25) is 0 Å². The summed E-state index contributed by atoms with van der Waals surface area (Å²) in [6, 6.07) is 5.20. The van der Waals surface area contributed by atoms with Gasteiger partial charge >= 0.3 is 12.1 Å². The maximum atomic E-state index is 13.2. The lowest BCUT2D eigenvalue weighted by Gasteiger charge is -2.12. The van der Waals surface area contributed by atoms with E-state index in [0.29, 0.717) is 0 Å². The topological polar surface area (TPSA) is 31.2 Å². The standard InChI is InChI=1S/C16H16F3NO2/c1-10(2)20-8-12(13(9-20)15(21)22-3)11-6-4-5-7-14(11)16(17,18)19/h4-10H,1-3H3. The van der Waals surface area contributed by atoms with Crippen LogP contribution in [0.3, 0.4) is 0 Å². The van der Waals surface area contributed by atoms with Crippen molar-refractivity contribution in [1.29, 1.82) is 0 Å². The van der Waals surface area contributed by atoms with Crippen molar-refractivity contribution in [3.05, 3.63) is 47.8 Å². The lowest BCUT2D eigenvalue weighted by molar-refractivity contribution is -0.137. The van der Waals surface area contributed by atoms with Crippen molar-refractivity contribution < 1.29 is 22.7 Å². The monoisotopic (exact) mass is 311 g/mol. The second kappa shape index (κ2) is 5.87. The van der Waals surface area contributed by atoms with Gasteiger partial charge in [0, 0.05) is 24.0 Å². The van der Waals surface area contributed by atoms with Gasteiger partial charge in [-0.05, 0) is 25.5 Å².